The third-order valence-corrected chi connectivity index (χ3v) is 4.45. The van der Waals surface area contributed by atoms with Crippen molar-refractivity contribution in [2.45, 2.75) is 13.8 Å². The molecule has 0 atom stereocenters. The Kier molecular flexibility index (Phi) is 5.48. The minimum Gasteiger partial charge on any atom is -0.411 e. The number of hydrogen-bond donors (Lipinski definition) is 2. The summed E-state index contributed by atoms with van der Waals surface area (Å²) in [6.45, 7) is 3.59. The molecule has 0 aliphatic rings. The zero-order chi connectivity index (χ0) is 19.6. The summed E-state index contributed by atoms with van der Waals surface area (Å²) in [6, 6.07) is 12.1. The monoisotopic (exact) mass is 402 g/mol. The number of aryl methyl sites for hydroxylation is 2. The van der Waals surface area contributed by atoms with E-state index in [1.165, 1.54) is 10.9 Å². The molecule has 138 valence electrons. The molecule has 0 unspecified atom stereocenters. The van der Waals surface area contributed by atoms with Crippen molar-refractivity contribution in [1.29, 1.82) is 0 Å². The summed E-state index contributed by atoms with van der Waals surface area (Å²) in [4.78, 5) is 13.0. The molecule has 0 spiro atoms. The Morgan fingerprint density at radius 2 is 1.96 bits per heavy atom. The van der Waals surface area contributed by atoms with Gasteiger partial charge in [0.1, 0.15) is 5.69 Å². The number of carbonyl (C=O) groups is 1. The van der Waals surface area contributed by atoms with E-state index in [0.29, 0.717) is 38.4 Å². The van der Waals surface area contributed by atoms with Crippen LogP contribution in [0.1, 0.15) is 27.3 Å². The van der Waals surface area contributed by atoms with Gasteiger partial charge in [-0.05, 0) is 49.7 Å². The van der Waals surface area contributed by atoms with E-state index >= 15 is 0 Å². The molecule has 8 heteroatoms. The second-order valence-electron chi connectivity index (χ2n) is 5.92. The lowest BCUT2D eigenvalue weighted by Gasteiger charge is -2.13. The summed E-state index contributed by atoms with van der Waals surface area (Å²) in [5, 5.41) is 20.1. The minimum atomic E-state index is -0.381. The minimum absolute atomic E-state index is 0.321. The first-order valence-corrected chi connectivity index (χ1v) is 8.77. The Balaban J connectivity index is 2.03. The van der Waals surface area contributed by atoms with Crippen molar-refractivity contribution in [3.8, 4) is 5.69 Å². The van der Waals surface area contributed by atoms with Crippen LogP contribution in [-0.4, -0.2) is 27.1 Å². The van der Waals surface area contributed by atoms with E-state index in [0.717, 1.165) is 5.56 Å². The maximum absolute atomic E-state index is 13.0. The van der Waals surface area contributed by atoms with Gasteiger partial charge in [0.2, 0.25) is 0 Å². The lowest BCUT2D eigenvalue weighted by molar-refractivity contribution is 0.101. The number of nitrogens with zero attached hydrogens (tertiary/aromatic N) is 3. The molecule has 3 aromatic rings. The van der Waals surface area contributed by atoms with Gasteiger partial charge in [0.05, 0.1) is 28.3 Å². The Morgan fingerprint density at radius 1 is 1.22 bits per heavy atom. The lowest BCUT2D eigenvalue weighted by Crippen LogP contribution is -2.18. The normalized spacial score (nSPS) is 11.1. The van der Waals surface area contributed by atoms with Gasteiger partial charge in [0, 0.05) is 10.6 Å². The third kappa shape index (κ3) is 3.97. The van der Waals surface area contributed by atoms with Crippen molar-refractivity contribution in [3.05, 3.63) is 75.0 Å². The van der Waals surface area contributed by atoms with Gasteiger partial charge in [-0.3, -0.25) is 4.79 Å². The van der Waals surface area contributed by atoms with Gasteiger partial charge in [-0.1, -0.05) is 40.5 Å². The molecule has 1 aromatic heterocycles. The van der Waals surface area contributed by atoms with Crippen LogP contribution >= 0.6 is 23.2 Å². The van der Waals surface area contributed by atoms with Crippen LogP contribution in [0.3, 0.4) is 0 Å². The molecule has 1 heterocycles. The zero-order valence-corrected chi connectivity index (χ0v) is 16.1. The Hall–Kier alpha value is -2.83. The highest BCUT2D eigenvalue weighted by molar-refractivity contribution is 6.32. The number of carbonyl (C=O) groups excluding carboxylic acids is 1. The quantitative estimate of drug-likeness (QED) is 0.371. The molecule has 0 saturated heterocycles. The maximum Gasteiger partial charge on any atom is 0.274 e. The second-order valence-corrected chi connectivity index (χ2v) is 6.76. The van der Waals surface area contributed by atoms with Gasteiger partial charge in [-0.15, -0.1) is 0 Å². The highest BCUT2D eigenvalue weighted by Crippen LogP contribution is 2.26. The van der Waals surface area contributed by atoms with E-state index in [9.17, 15) is 4.79 Å². The highest BCUT2D eigenvalue weighted by Gasteiger charge is 2.19. The van der Waals surface area contributed by atoms with E-state index in [2.05, 4.69) is 15.6 Å². The van der Waals surface area contributed by atoms with Crippen molar-refractivity contribution in [1.82, 2.24) is 9.78 Å². The number of rotatable bonds is 4. The summed E-state index contributed by atoms with van der Waals surface area (Å²) in [6.07, 6.45) is 1.21. The van der Waals surface area contributed by atoms with Crippen molar-refractivity contribution in [2.24, 2.45) is 5.16 Å². The zero-order valence-electron chi connectivity index (χ0n) is 14.6. The molecule has 0 fully saturated rings. The Bertz CT molecular complexity index is 1040. The van der Waals surface area contributed by atoms with Gasteiger partial charge in [-0.25, -0.2) is 4.68 Å². The molecular formula is C19H16Cl2N4O2. The fourth-order valence-electron chi connectivity index (χ4n) is 2.75. The number of hydrogen-bond acceptors (Lipinski definition) is 4. The van der Waals surface area contributed by atoms with Crippen LogP contribution in [0.2, 0.25) is 10.0 Å². The smallest absolute Gasteiger partial charge is 0.274 e. The van der Waals surface area contributed by atoms with Gasteiger partial charge < -0.3 is 10.5 Å². The molecule has 0 saturated carbocycles. The fourth-order valence-corrected chi connectivity index (χ4v) is 3.25. The molecule has 0 aliphatic carbocycles. The lowest BCUT2D eigenvalue weighted by atomic mass is 10.1. The topological polar surface area (TPSA) is 79.5 Å². The predicted octanol–water partition coefficient (Wildman–Crippen LogP) is 4.86. The summed E-state index contributed by atoms with van der Waals surface area (Å²) in [7, 11) is 0. The number of halogens is 2. The van der Waals surface area contributed by atoms with Gasteiger partial charge in [-0.2, -0.15) is 5.10 Å². The van der Waals surface area contributed by atoms with Crippen molar-refractivity contribution in [2.75, 3.05) is 5.32 Å². The third-order valence-electron chi connectivity index (χ3n) is 3.91. The molecule has 3 rings (SSSR count). The first-order chi connectivity index (χ1) is 12.9. The number of oxime groups is 1. The van der Waals surface area contributed by atoms with Gasteiger partial charge in [0.25, 0.3) is 5.91 Å². The van der Waals surface area contributed by atoms with Crippen LogP contribution in [0.25, 0.3) is 5.69 Å². The number of aromatic nitrogens is 2. The average Bonchev–Trinajstić information content (AvgIpc) is 3.00. The average molecular weight is 403 g/mol. The molecule has 2 N–H and O–H groups in total. The molecule has 27 heavy (non-hydrogen) atoms. The number of benzene rings is 2. The Labute approximate surface area is 166 Å². The largest absolute Gasteiger partial charge is 0.411 e. The number of nitrogens with one attached hydrogen (secondary N) is 1. The molecule has 0 bridgehead atoms. The van der Waals surface area contributed by atoms with Crippen LogP contribution in [0, 0.1) is 13.8 Å². The van der Waals surface area contributed by atoms with E-state index < -0.39 is 0 Å². The number of para-hydroxylation sites is 1. The van der Waals surface area contributed by atoms with E-state index in [1.807, 2.05) is 6.07 Å². The summed E-state index contributed by atoms with van der Waals surface area (Å²) in [5.74, 6) is -0.381. The van der Waals surface area contributed by atoms with Crippen molar-refractivity contribution < 1.29 is 10.0 Å². The van der Waals surface area contributed by atoms with Crippen molar-refractivity contribution >= 4 is 41.0 Å². The second kappa shape index (κ2) is 7.82. The number of anilines is 1. The van der Waals surface area contributed by atoms with Crippen molar-refractivity contribution in [3.63, 3.8) is 0 Å². The van der Waals surface area contributed by atoms with E-state index in [-0.39, 0.29) is 5.91 Å². The van der Waals surface area contributed by atoms with Gasteiger partial charge >= 0.3 is 0 Å². The van der Waals surface area contributed by atoms with Gasteiger partial charge in [0.15, 0.2) is 0 Å². The standard InChI is InChI=1S/C19H16Cl2N4O2/c1-11-7-14(20)9-13(10-22-27)18(11)23-19(26)17-8-12(2)24-25(17)16-6-4-3-5-15(16)21/h3-10,27H,1-2H3,(H,23,26). The van der Waals surface area contributed by atoms with Crippen LogP contribution < -0.4 is 5.32 Å². The van der Waals surface area contributed by atoms with Crippen LogP contribution in [0.4, 0.5) is 5.69 Å². The number of amides is 1. The molecule has 2 aromatic carbocycles. The van der Waals surface area contributed by atoms with Crippen LogP contribution in [0.15, 0.2) is 47.6 Å². The summed E-state index contributed by atoms with van der Waals surface area (Å²) < 4.78 is 1.50. The first kappa shape index (κ1) is 18.9. The van der Waals surface area contributed by atoms with E-state index in [4.69, 9.17) is 28.4 Å². The van der Waals surface area contributed by atoms with Crippen LogP contribution in [-0.2, 0) is 0 Å². The maximum atomic E-state index is 13.0. The Morgan fingerprint density at radius 3 is 2.67 bits per heavy atom. The fraction of sp³-hybridized carbons (Fsp3) is 0.105. The highest BCUT2D eigenvalue weighted by atomic mass is 35.5. The molecule has 6 nitrogen and oxygen atoms in total. The van der Waals surface area contributed by atoms with Crippen LogP contribution in [0.5, 0.6) is 0 Å². The first-order valence-electron chi connectivity index (χ1n) is 8.01. The predicted molar refractivity (Wildman–Crippen MR) is 107 cm³/mol. The molecule has 0 radical (unpaired) electrons. The molecule has 0 aliphatic heterocycles. The SMILES string of the molecule is Cc1cc(C(=O)Nc2c(C)cc(Cl)cc2C=NO)n(-c2ccccc2Cl)n1. The van der Waals surface area contributed by atoms with E-state index in [1.54, 1.807) is 50.2 Å². The summed E-state index contributed by atoms with van der Waals surface area (Å²) in [5.41, 5.74) is 3.30. The molecular weight excluding hydrogens is 387 g/mol. The summed E-state index contributed by atoms with van der Waals surface area (Å²) >= 11 is 12.3. The molecule has 1 amide bonds.